The second-order valence-electron chi connectivity index (χ2n) is 6.08. The van der Waals surface area contributed by atoms with Crippen LogP contribution in [0.2, 0.25) is 0 Å². The maximum atomic E-state index is 12.8. The average Bonchev–Trinajstić information content (AvgIpc) is 3.12. The van der Waals surface area contributed by atoms with Crippen LogP contribution in [0, 0.1) is 10.1 Å². The lowest BCUT2D eigenvalue weighted by atomic mass is 10.0. The molecular formula is C19H20N2O4. The number of amides is 1. The van der Waals surface area contributed by atoms with E-state index in [0.29, 0.717) is 12.1 Å². The Morgan fingerprint density at radius 2 is 1.96 bits per heavy atom. The first-order valence-electron chi connectivity index (χ1n) is 8.26. The van der Waals surface area contributed by atoms with Crippen molar-refractivity contribution in [3.05, 3.63) is 69.8 Å². The number of nitro benzene ring substituents is 1. The number of rotatable bonds is 5. The van der Waals surface area contributed by atoms with E-state index in [1.54, 1.807) is 25.3 Å². The van der Waals surface area contributed by atoms with E-state index in [-0.39, 0.29) is 24.1 Å². The summed E-state index contributed by atoms with van der Waals surface area (Å²) in [5.41, 5.74) is 1.52. The van der Waals surface area contributed by atoms with E-state index >= 15 is 0 Å². The first kappa shape index (κ1) is 17.0. The lowest BCUT2D eigenvalue weighted by molar-refractivity contribution is -0.385. The van der Waals surface area contributed by atoms with Crippen molar-refractivity contribution >= 4 is 11.6 Å². The van der Waals surface area contributed by atoms with Crippen LogP contribution in [0.15, 0.2) is 48.5 Å². The Hall–Kier alpha value is -2.89. The largest absolute Gasteiger partial charge is 0.497 e. The van der Waals surface area contributed by atoms with Gasteiger partial charge < -0.3 is 9.64 Å². The predicted octanol–water partition coefficient (Wildman–Crippen LogP) is 3.51. The summed E-state index contributed by atoms with van der Waals surface area (Å²) in [7, 11) is 1.62. The van der Waals surface area contributed by atoms with Crippen molar-refractivity contribution in [3.8, 4) is 5.75 Å². The van der Waals surface area contributed by atoms with Crippen LogP contribution in [0.4, 0.5) is 5.69 Å². The summed E-state index contributed by atoms with van der Waals surface area (Å²) in [5.74, 6) is 0.701. The Labute approximate surface area is 146 Å². The van der Waals surface area contributed by atoms with Crippen molar-refractivity contribution in [2.75, 3.05) is 13.7 Å². The zero-order valence-electron chi connectivity index (χ0n) is 14.1. The fourth-order valence-corrected chi connectivity index (χ4v) is 3.34. The highest BCUT2D eigenvalue weighted by Gasteiger charge is 2.30. The summed E-state index contributed by atoms with van der Waals surface area (Å²) in [6.45, 7) is 0.677. The maximum absolute atomic E-state index is 12.8. The molecule has 0 aromatic heterocycles. The van der Waals surface area contributed by atoms with Gasteiger partial charge in [0.25, 0.3) is 5.69 Å². The number of methoxy groups -OCH3 is 1. The van der Waals surface area contributed by atoms with Gasteiger partial charge in [0.15, 0.2) is 0 Å². The molecule has 1 fully saturated rings. The zero-order chi connectivity index (χ0) is 17.8. The molecule has 0 aliphatic carbocycles. The molecule has 3 rings (SSSR count). The number of likely N-dealkylation sites (tertiary alicyclic amines) is 1. The molecule has 2 aromatic rings. The molecule has 0 N–H and O–H groups in total. The third kappa shape index (κ3) is 3.63. The van der Waals surface area contributed by atoms with Crippen molar-refractivity contribution < 1.29 is 14.5 Å². The van der Waals surface area contributed by atoms with Gasteiger partial charge in [-0.25, -0.2) is 0 Å². The van der Waals surface area contributed by atoms with Crippen LogP contribution in [-0.4, -0.2) is 29.4 Å². The minimum Gasteiger partial charge on any atom is -0.497 e. The van der Waals surface area contributed by atoms with E-state index in [1.807, 2.05) is 29.2 Å². The van der Waals surface area contributed by atoms with Gasteiger partial charge in [0, 0.05) is 18.2 Å². The summed E-state index contributed by atoms with van der Waals surface area (Å²) in [5, 5.41) is 11.1. The second kappa shape index (κ2) is 7.34. The molecule has 0 saturated carbocycles. The number of carbonyl (C=O) groups is 1. The first-order valence-corrected chi connectivity index (χ1v) is 8.26. The quantitative estimate of drug-likeness (QED) is 0.617. The number of hydrogen-bond acceptors (Lipinski definition) is 4. The van der Waals surface area contributed by atoms with Gasteiger partial charge in [0.05, 0.1) is 24.5 Å². The molecule has 1 heterocycles. The second-order valence-corrected chi connectivity index (χ2v) is 6.08. The van der Waals surface area contributed by atoms with Crippen molar-refractivity contribution in [2.24, 2.45) is 0 Å². The summed E-state index contributed by atoms with van der Waals surface area (Å²) in [4.78, 5) is 25.3. The lowest BCUT2D eigenvalue weighted by Gasteiger charge is -2.25. The van der Waals surface area contributed by atoms with Crippen LogP contribution in [0.1, 0.15) is 30.0 Å². The third-order valence-corrected chi connectivity index (χ3v) is 4.60. The van der Waals surface area contributed by atoms with Crippen LogP contribution in [0.25, 0.3) is 0 Å². The van der Waals surface area contributed by atoms with Gasteiger partial charge >= 0.3 is 0 Å². The number of carbonyl (C=O) groups excluding carboxylic acids is 1. The van der Waals surface area contributed by atoms with E-state index in [9.17, 15) is 14.9 Å². The molecule has 6 heteroatoms. The molecule has 0 bridgehead atoms. The Morgan fingerprint density at radius 3 is 2.64 bits per heavy atom. The molecule has 1 saturated heterocycles. The highest BCUT2D eigenvalue weighted by molar-refractivity contribution is 5.80. The molecule has 0 unspecified atom stereocenters. The molecule has 0 spiro atoms. The van der Waals surface area contributed by atoms with Crippen molar-refractivity contribution in [3.63, 3.8) is 0 Å². The summed E-state index contributed by atoms with van der Waals surface area (Å²) < 4.78 is 5.18. The summed E-state index contributed by atoms with van der Waals surface area (Å²) >= 11 is 0. The molecule has 130 valence electrons. The highest BCUT2D eigenvalue weighted by atomic mass is 16.6. The fraction of sp³-hybridized carbons (Fsp3) is 0.316. The SMILES string of the molecule is COc1ccc([C@@H]2CCCN2C(=O)Cc2ccccc2[N+](=O)[O-])cc1. The molecule has 1 amide bonds. The molecule has 1 atom stereocenters. The Balaban J connectivity index is 1.78. The number of benzene rings is 2. The van der Waals surface area contributed by atoms with E-state index in [1.165, 1.54) is 6.07 Å². The monoisotopic (exact) mass is 340 g/mol. The zero-order valence-corrected chi connectivity index (χ0v) is 14.1. The topological polar surface area (TPSA) is 72.7 Å². The molecule has 6 nitrogen and oxygen atoms in total. The van der Waals surface area contributed by atoms with Crippen LogP contribution in [-0.2, 0) is 11.2 Å². The number of ether oxygens (including phenoxy) is 1. The Bertz CT molecular complexity index is 773. The van der Waals surface area contributed by atoms with Gasteiger partial charge in [-0.1, -0.05) is 30.3 Å². The van der Waals surface area contributed by atoms with Crippen LogP contribution >= 0.6 is 0 Å². The van der Waals surface area contributed by atoms with Crippen LogP contribution < -0.4 is 4.74 Å². The molecule has 1 aliphatic heterocycles. The van der Waals surface area contributed by atoms with Crippen LogP contribution in [0.3, 0.4) is 0 Å². The molecule has 1 aliphatic rings. The van der Waals surface area contributed by atoms with Gasteiger partial charge in [0.2, 0.25) is 5.91 Å². The predicted molar refractivity (Wildman–Crippen MR) is 93.5 cm³/mol. The van der Waals surface area contributed by atoms with Crippen molar-refractivity contribution in [1.82, 2.24) is 4.90 Å². The molecule has 2 aromatic carbocycles. The van der Waals surface area contributed by atoms with E-state index < -0.39 is 4.92 Å². The third-order valence-electron chi connectivity index (χ3n) is 4.60. The minimum atomic E-state index is -0.437. The van der Waals surface area contributed by atoms with Gasteiger partial charge in [0.1, 0.15) is 5.75 Å². The Morgan fingerprint density at radius 1 is 1.24 bits per heavy atom. The van der Waals surface area contributed by atoms with E-state index in [0.717, 1.165) is 24.2 Å². The van der Waals surface area contributed by atoms with Gasteiger partial charge in [-0.15, -0.1) is 0 Å². The highest BCUT2D eigenvalue weighted by Crippen LogP contribution is 2.33. The van der Waals surface area contributed by atoms with Gasteiger partial charge in [-0.3, -0.25) is 14.9 Å². The number of nitrogens with zero attached hydrogens (tertiary/aromatic N) is 2. The summed E-state index contributed by atoms with van der Waals surface area (Å²) in [6.07, 6.45) is 1.87. The molecular weight excluding hydrogens is 320 g/mol. The summed E-state index contributed by atoms with van der Waals surface area (Å²) in [6, 6.07) is 14.2. The normalized spacial score (nSPS) is 16.7. The molecule has 0 radical (unpaired) electrons. The lowest BCUT2D eigenvalue weighted by Crippen LogP contribution is -2.32. The van der Waals surface area contributed by atoms with Crippen molar-refractivity contribution in [1.29, 1.82) is 0 Å². The Kier molecular flexibility index (Phi) is 4.97. The van der Waals surface area contributed by atoms with E-state index in [4.69, 9.17) is 4.74 Å². The minimum absolute atomic E-state index is 0.00366. The van der Waals surface area contributed by atoms with Gasteiger partial charge in [-0.05, 0) is 30.5 Å². The average molecular weight is 340 g/mol. The number of nitro groups is 1. The van der Waals surface area contributed by atoms with E-state index in [2.05, 4.69) is 0 Å². The standard InChI is InChI=1S/C19H20N2O4/c1-25-16-10-8-14(9-11-16)17-7-4-12-20(17)19(22)13-15-5-2-3-6-18(15)21(23)24/h2-3,5-6,8-11,17H,4,7,12-13H2,1H3/t17-/m0/s1. The number of hydrogen-bond donors (Lipinski definition) is 0. The first-order chi connectivity index (χ1) is 12.1. The fourth-order valence-electron chi connectivity index (χ4n) is 3.34. The van der Waals surface area contributed by atoms with Crippen molar-refractivity contribution in [2.45, 2.75) is 25.3 Å². The van der Waals surface area contributed by atoms with Gasteiger partial charge in [-0.2, -0.15) is 0 Å². The van der Waals surface area contributed by atoms with Crippen LogP contribution in [0.5, 0.6) is 5.75 Å². The maximum Gasteiger partial charge on any atom is 0.273 e. The smallest absolute Gasteiger partial charge is 0.273 e. The molecule has 25 heavy (non-hydrogen) atoms. The number of para-hydroxylation sites is 1.